The molecule has 0 aromatic carbocycles. The van der Waals surface area contributed by atoms with Gasteiger partial charge >= 0.3 is 57.1 Å². The van der Waals surface area contributed by atoms with Gasteiger partial charge in [0.15, 0.2) is 0 Å². The Morgan fingerprint density at radius 2 is 0.684 bits per heavy atom. The van der Waals surface area contributed by atoms with Crippen LogP contribution >= 0.6 is 0 Å². The van der Waals surface area contributed by atoms with Crippen LogP contribution in [0.25, 0.3) is 0 Å². The highest BCUT2D eigenvalue weighted by Gasteiger charge is 2.96. The van der Waals surface area contributed by atoms with Gasteiger partial charge in [-0.15, -0.1) is 0 Å². The number of halogens is 17. The Labute approximate surface area is 204 Å². The van der Waals surface area contributed by atoms with Crippen LogP contribution in [0, 0.1) is 0 Å². The van der Waals surface area contributed by atoms with E-state index in [0.29, 0.717) is 0 Å². The summed E-state index contributed by atoms with van der Waals surface area (Å²) >= 11 is 0. The van der Waals surface area contributed by atoms with Gasteiger partial charge in [0.1, 0.15) is 0 Å². The van der Waals surface area contributed by atoms with Gasteiger partial charge in [0, 0.05) is 0 Å². The minimum Gasteiger partial charge on any atom is -0.325 e. The molecule has 0 amide bonds. The molecule has 0 radical (unpaired) electrons. The molecule has 0 rings (SSSR count). The molecule has 0 aliphatic carbocycles. The van der Waals surface area contributed by atoms with E-state index in [0.717, 1.165) is 0 Å². The zero-order valence-corrected chi connectivity index (χ0v) is 20.2. The van der Waals surface area contributed by atoms with Crippen molar-refractivity contribution in [2.45, 2.75) is 74.7 Å². The SMILES string of the molecule is CC[N+](CC)(CC)CC.O=S(=O)(O)C(F)(F)C(F)(F)C(F)(F)C(F)(F)C(F)(F)C(F)(F)C(F)(F)C(F)(F)F. The number of hydrogen-bond acceptors (Lipinski definition) is 2. The minimum absolute atomic E-state index is 1.28. The van der Waals surface area contributed by atoms with Gasteiger partial charge in [0.25, 0.3) is 0 Å². The predicted molar refractivity (Wildman–Crippen MR) is 94.7 cm³/mol. The van der Waals surface area contributed by atoms with Gasteiger partial charge in [-0.05, 0) is 27.7 Å². The molecule has 0 heterocycles. The van der Waals surface area contributed by atoms with Gasteiger partial charge in [0.2, 0.25) is 0 Å². The van der Waals surface area contributed by atoms with Crippen LogP contribution in [-0.4, -0.2) is 90.6 Å². The van der Waals surface area contributed by atoms with Gasteiger partial charge in [-0.3, -0.25) is 4.55 Å². The van der Waals surface area contributed by atoms with E-state index in [2.05, 4.69) is 27.7 Å². The van der Waals surface area contributed by atoms with Gasteiger partial charge in [0.05, 0.1) is 26.2 Å². The van der Waals surface area contributed by atoms with E-state index in [1.807, 2.05) is 0 Å². The van der Waals surface area contributed by atoms with Crippen LogP contribution in [-0.2, 0) is 10.1 Å². The van der Waals surface area contributed by atoms with Gasteiger partial charge in [-0.1, -0.05) is 0 Å². The Kier molecular flexibility index (Phi) is 11.2. The summed E-state index contributed by atoms with van der Waals surface area (Å²) in [5, 5.41) is -7.84. The molecule has 0 saturated heterocycles. The average molecular weight is 630 g/mol. The Morgan fingerprint density at radius 1 is 0.474 bits per heavy atom. The summed E-state index contributed by atoms with van der Waals surface area (Å²) in [5.74, 6) is -52.0. The standard InChI is InChI=1S/C8HF17O3S.C8H20N/c9-1(10,3(13,14)5(17,18)7(21,22)23)2(11,12)4(15,16)6(19,20)8(24,25)29(26,27)28;1-5-9(6-2,7-3)8-4/h(H,26,27,28);5-8H2,1-4H3/q;+1. The van der Waals surface area contributed by atoms with Crippen LogP contribution in [0.4, 0.5) is 74.6 Å². The fourth-order valence-electron chi connectivity index (χ4n) is 2.65. The number of quaternary nitrogens is 1. The second kappa shape index (κ2) is 10.9. The molecule has 0 atom stereocenters. The minimum atomic E-state index is -8.89. The Balaban J connectivity index is 0. The van der Waals surface area contributed by atoms with Gasteiger partial charge < -0.3 is 4.48 Å². The van der Waals surface area contributed by atoms with Gasteiger partial charge in [-0.2, -0.15) is 83.1 Å². The van der Waals surface area contributed by atoms with E-state index in [1.165, 1.54) is 30.7 Å². The molecular formula is C16H21F17NO3S+. The lowest BCUT2D eigenvalue weighted by atomic mass is 9.91. The zero-order chi connectivity index (χ0) is 31.8. The molecule has 0 aromatic heterocycles. The Morgan fingerprint density at radius 3 is 0.842 bits per heavy atom. The monoisotopic (exact) mass is 630 g/mol. The first-order valence-corrected chi connectivity index (χ1v) is 11.2. The molecule has 0 spiro atoms. The first kappa shape index (κ1) is 38.8. The average Bonchev–Trinajstić information content (AvgIpc) is 2.73. The smallest absolute Gasteiger partial charge is 0.325 e. The van der Waals surface area contributed by atoms with Crippen LogP contribution in [0.1, 0.15) is 27.7 Å². The van der Waals surface area contributed by atoms with Crippen molar-refractivity contribution in [3.8, 4) is 0 Å². The maximum absolute atomic E-state index is 13.0. The van der Waals surface area contributed by atoms with Crippen LogP contribution < -0.4 is 0 Å². The lowest BCUT2D eigenvalue weighted by Crippen LogP contribution is -2.74. The van der Waals surface area contributed by atoms with Crippen molar-refractivity contribution >= 4 is 10.1 Å². The fraction of sp³-hybridized carbons (Fsp3) is 1.00. The van der Waals surface area contributed by atoms with E-state index in [-0.39, 0.29) is 0 Å². The van der Waals surface area contributed by atoms with Crippen LogP contribution in [0.15, 0.2) is 0 Å². The highest BCUT2D eigenvalue weighted by atomic mass is 32.2. The molecular weight excluding hydrogens is 609 g/mol. The summed E-state index contributed by atoms with van der Waals surface area (Å²) in [5.41, 5.74) is 0. The zero-order valence-electron chi connectivity index (χ0n) is 19.4. The molecule has 22 heteroatoms. The number of hydrogen-bond donors (Lipinski definition) is 1. The van der Waals surface area contributed by atoms with Crippen molar-refractivity contribution in [3.05, 3.63) is 0 Å². The topological polar surface area (TPSA) is 54.4 Å². The lowest BCUT2D eigenvalue weighted by molar-refractivity contribution is -0.921. The fourth-order valence-corrected chi connectivity index (χ4v) is 3.11. The summed E-state index contributed by atoms with van der Waals surface area (Å²) in [6.07, 6.45) is -7.88. The summed E-state index contributed by atoms with van der Waals surface area (Å²) in [7, 11) is -7.89. The summed E-state index contributed by atoms with van der Waals surface area (Å²) in [6, 6.07) is 0. The molecule has 0 fully saturated rings. The van der Waals surface area contributed by atoms with Crippen LogP contribution in [0.5, 0.6) is 0 Å². The van der Waals surface area contributed by atoms with Gasteiger partial charge in [-0.25, -0.2) is 0 Å². The van der Waals surface area contributed by atoms with Crippen molar-refractivity contribution < 1.29 is 92.1 Å². The van der Waals surface area contributed by atoms with E-state index >= 15 is 0 Å². The number of alkyl halides is 17. The molecule has 0 aliphatic rings. The molecule has 0 aromatic rings. The van der Waals surface area contributed by atoms with E-state index in [9.17, 15) is 83.1 Å². The first-order chi connectivity index (χ1) is 16.2. The number of nitrogens with zero attached hydrogens (tertiary/aromatic N) is 1. The largest absolute Gasteiger partial charge is 0.460 e. The third kappa shape index (κ3) is 5.75. The van der Waals surface area contributed by atoms with E-state index in [1.54, 1.807) is 0 Å². The third-order valence-corrected chi connectivity index (χ3v) is 6.60. The first-order valence-electron chi connectivity index (χ1n) is 9.78. The molecule has 1 N–H and O–H groups in total. The van der Waals surface area contributed by atoms with Crippen molar-refractivity contribution in [2.75, 3.05) is 26.2 Å². The van der Waals surface area contributed by atoms with Crippen molar-refractivity contribution in [3.63, 3.8) is 0 Å². The molecule has 232 valence electrons. The Hall–Kier alpha value is -1.32. The maximum atomic E-state index is 13.0. The second-order valence-corrected chi connectivity index (χ2v) is 9.01. The van der Waals surface area contributed by atoms with Crippen molar-refractivity contribution in [2.24, 2.45) is 0 Å². The predicted octanol–water partition coefficient (Wildman–Crippen LogP) is 6.72. The van der Waals surface area contributed by atoms with Crippen LogP contribution in [0.2, 0.25) is 0 Å². The van der Waals surface area contributed by atoms with E-state index < -0.39 is 57.1 Å². The quantitative estimate of drug-likeness (QED) is 0.157. The summed E-state index contributed by atoms with van der Waals surface area (Å²) < 4.78 is 244. The second-order valence-electron chi connectivity index (χ2n) is 7.54. The highest BCUT2D eigenvalue weighted by molar-refractivity contribution is 7.87. The highest BCUT2D eigenvalue weighted by Crippen LogP contribution is 2.64. The Bertz CT molecular complexity index is 878. The molecule has 0 unspecified atom stereocenters. The molecule has 38 heavy (non-hydrogen) atoms. The maximum Gasteiger partial charge on any atom is 0.460 e. The molecule has 0 bridgehead atoms. The van der Waals surface area contributed by atoms with Crippen LogP contribution in [0.3, 0.4) is 0 Å². The van der Waals surface area contributed by atoms with Crippen molar-refractivity contribution in [1.29, 1.82) is 0 Å². The summed E-state index contributed by atoms with van der Waals surface area (Å²) in [4.78, 5) is 0. The van der Waals surface area contributed by atoms with Crippen molar-refractivity contribution in [1.82, 2.24) is 0 Å². The molecule has 0 aliphatic heterocycles. The van der Waals surface area contributed by atoms with E-state index in [4.69, 9.17) is 4.55 Å². The third-order valence-electron chi connectivity index (χ3n) is 5.70. The molecule has 0 saturated carbocycles. The molecule has 4 nitrogen and oxygen atoms in total. The lowest BCUT2D eigenvalue weighted by Gasteiger charge is -2.42. The number of rotatable bonds is 11. The summed E-state index contributed by atoms with van der Waals surface area (Å²) in [6.45, 7) is 14.2. The normalized spacial score (nSPS) is 15.7.